The fourth-order valence-electron chi connectivity index (χ4n) is 1.49. The van der Waals surface area contributed by atoms with Crippen LogP contribution in [0.2, 0.25) is 5.02 Å². The van der Waals surface area contributed by atoms with Gasteiger partial charge in [0.1, 0.15) is 11.5 Å². The number of methoxy groups -OCH3 is 1. The van der Waals surface area contributed by atoms with Crippen molar-refractivity contribution in [2.45, 2.75) is 0 Å². The van der Waals surface area contributed by atoms with Crippen LogP contribution in [-0.4, -0.2) is 23.1 Å². The molecule has 0 saturated heterocycles. The number of anilines is 1. The first-order chi connectivity index (χ1) is 9.10. The molecule has 1 aromatic heterocycles. The Morgan fingerprint density at radius 2 is 2.16 bits per heavy atom. The summed E-state index contributed by atoms with van der Waals surface area (Å²) in [5.74, 6) is 0.0163. The monoisotopic (exact) mass is 278 g/mol. The standard InChI is InChI=1S/C13H11ClN2O3/c1-19-12-5-9(2-3-11(12)14)16-13(18)8-4-10(17)7-15-6-8/h2-7,17H,1H3,(H,16,18). The van der Waals surface area contributed by atoms with Gasteiger partial charge in [0.15, 0.2) is 0 Å². The van der Waals surface area contributed by atoms with Crippen molar-refractivity contribution in [2.75, 3.05) is 12.4 Å². The van der Waals surface area contributed by atoms with E-state index in [0.29, 0.717) is 16.5 Å². The van der Waals surface area contributed by atoms with Crippen molar-refractivity contribution in [1.29, 1.82) is 0 Å². The molecule has 0 atom stereocenters. The van der Waals surface area contributed by atoms with Gasteiger partial charge in [0.25, 0.3) is 5.91 Å². The van der Waals surface area contributed by atoms with Crippen LogP contribution in [0, 0.1) is 0 Å². The largest absolute Gasteiger partial charge is 0.506 e. The molecular formula is C13H11ClN2O3. The number of aromatic hydroxyl groups is 1. The van der Waals surface area contributed by atoms with Crippen molar-refractivity contribution < 1.29 is 14.6 Å². The Morgan fingerprint density at radius 3 is 2.84 bits per heavy atom. The molecule has 6 heteroatoms. The zero-order valence-electron chi connectivity index (χ0n) is 10.1. The fraction of sp³-hybridized carbons (Fsp3) is 0.0769. The number of aromatic nitrogens is 1. The normalized spacial score (nSPS) is 10.0. The molecule has 0 aliphatic heterocycles. The quantitative estimate of drug-likeness (QED) is 0.905. The second-order valence-corrected chi connectivity index (χ2v) is 4.14. The zero-order valence-corrected chi connectivity index (χ0v) is 10.8. The Bertz CT molecular complexity index is 617. The van der Waals surface area contributed by atoms with Gasteiger partial charge in [-0.3, -0.25) is 9.78 Å². The van der Waals surface area contributed by atoms with Crippen molar-refractivity contribution >= 4 is 23.2 Å². The molecule has 0 radical (unpaired) electrons. The lowest BCUT2D eigenvalue weighted by Crippen LogP contribution is -2.12. The second kappa shape index (κ2) is 5.58. The van der Waals surface area contributed by atoms with Crippen LogP contribution >= 0.6 is 11.6 Å². The number of hydrogen-bond acceptors (Lipinski definition) is 4. The number of rotatable bonds is 3. The minimum atomic E-state index is -0.382. The number of amides is 1. The molecule has 0 spiro atoms. The van der Waals surface area contributed by atoms with Gasteiger partial charge in [-0.15, -0.1) is 0 Å². The van der Waals surface area contributed by atoms with E-state index in [1.165, 1.54) is 25.6 Å². The average molecular weight is 279 g/mol. The van der Waals surface area contributed by atoms with E-state index in [0.717, 1.165) is 0 Å². The van der Waals surface area contributed by atoms with E-state index >= 15 is 0 Å². The number of benzene rings is 1. The molecule has 0 saturated carbocycles. The van der Waals surface area contributed by atoms with Gasteiger partial charge in [-0.1, -0.05) is 11.6 Å². The first kappa shape index (κ1) is 13.2. The van der Waals surface area contributed by atoms with Gasteiger partial charge >= 0.3 is 0 Å². The first-order valence-corrected chi connectivity index (χ1v) is 5.77. The topological polar surface area (TPSA) is 71.5 Å². The van der Waals surface area contributed by atoms with E-state index < -0.39 is 0 Å². The molecule has 2 aromatic rings. The molecule has 0 aliphatic carbocycles. The lowest BCUT2D eigenvalue weighted by Gasteiger charge is -2.08. The van der Waals surface area contributed by atoms with E-state index in [4.69, 9.17) is 16.3 Å². The van der Waals surface area contributed by atoms with Gasteiger partial charge in [-0.25, -0.2) is 0 Å². The summed E-state index contributed by atoms with van der Waals surface area (Å²) in [5, 5.41) is 12.4. The second-order valence-electron chi connectivity index (χ2n) is 3.74. The molecular weight excluding hydrogens is 268 g/mol. The van der Waals surface area contributed by atoms with Crippen molar-refractivity contribution in [3.8, 4) is 11.5 Å². The molecule has 0 aliphatic rings. The molecule has 1 aromatic carbocycles. The maximum atomic E-state index is 11.9. The number of carbonyl (C=O) groups excluding carboxylic acids is 1. The van der Waals surface area contributed by atoms with Crippen molar-refractivity contribution in [3.05, 3.63) is 47.2 Å². The number of carbonyl (C=O) groups is 1. The molecule has 5 nitrogen and oxygen atoms in total. The summed E-state index contributed by atoms with van der Waals surface area (Å²) in [7, 11) is 1.49. The van der Waals surface area contributed by atoms with Crippen LogP contribution < -0.4 is 10.1 Å². The summed E-state index contributed by atoms with van der Waals surface area (Å²) in [6.45, 7) is 0. The highest BCUT2D eigenvalue weighted by atomic mass is 35.5. The lowest BCUT2D eigenvalue weighted by atomic mass is 10.2. The predicted molar refractivity (Wildman–Crippen MR) is 71.9 cm³/mol. The molecule has 0 bridgehead atoms. The molecule has 2 N–H and O–H groups in total. The number of pyridine rings is 1. The van der Waals surface area contributed by atoms with Crippen LogP contribution in [0.3, 0.4) is 0 Å². The zero-order chi connectivity index (χ0) is 13.8. The van der Waals surface area contributed by atoms with Gasteiger partial charge < -0.3 is 15.2 Å². The van der Waals surface area contributed by atoms with Gasteiger partial charge in [0.2, 0.25) is 0 Å². The van der Waals surface area contributed by atoms with Gasteiger partial charge in [0.05, 0.1) is 23.9 Å². The van der Waals surface area contributed by atoms with Crippen molar-refractivity contribution in [3.63, 3.8) is 0 Å². The summed E-state index contributed by atoms with van der Waals surface area (Å²) < 4.78 is 5.06. The smallest absolute Gasteiger partial charge is 0.257 e. The first-order valence-electron chi connectivity index (χ1n) is 5.39. The Labute approximate surface area is 114 Å². The average Bonchev–Trinajstić information content (AvgIpc) is 2.41. The summed E-state index contributed by atoms with van der Waals surface area (Å²) >= 11 is 5.89. The van der Waals surface area contributed by atoms with Crippen LogP contribution in [0.5, 0.6) is 11.5 Å². The molecule has 0 fully saturated rings. The summed E-state index contributed by atoms with van der Waals surface area (Å²) in [4.78, 5) is 15.7. The van der Waals surface area contributed by atoms with E-state index in [2.05, 4.69) is 10.3 Å². The van der Waals surface area contributed by atoms with E-state index in [1.807, 2.05) is 0 Å². The third-order valence-corrected chi connectivity index (χ3v) is 2.71. The minimum absolute atomic E-state index is 0.0682. The maximum Gasteiger partial charge on any atom is 0.257 e. The van der Waals surface area contributed by atoms with E-state index in [9.17, 15) is 9.90 Å². The third kappa shape index (κ3) is 3.14. The molecule has 1 amide bonds. The van der Waals surface area contributed by atoms with Crippen LogP contribution in [0.4, 0.5) is 5.69 Å². The Morgan fingerprint density at radius 1 is 1.37 bits per heavy atom. The Hall–Kier alpha value is -2.27. The predicted octanol–water partition coefficient (Wildman–Crippen LogP) is 2.70. The van der Waals surface area contributed by atoms with Gasteiger partial charge in [-0.2, -0.15) is 0 Å². The number of hydrogen-bond donors (Lipinski definition) is 2. The van der Waals surface area contributed by atoms with E-state index in [-0.39, 0.29) is 17.2 Å². The maximum absolute atomic E-state index is 11.9. The number of nitrogens with zero attached hydrogens (tertiary/aromatic N) is 1. The molecule has 19 heavy (non-hydrogen) atoms. The molecule has 1 heterocycles. The summed E-state index contributed by atoms with van der Waals surface area (Å²) in [6.07, 6.45) is 2.62. The Balaban J connectivity index is 2.19. The van der Waals surface area contributed by atoms with Gasteiger partial charge in [-0.05, 0) is 18.2 Å². The van der Waals surface area contributed by atoms with Crippen LogP contribution in [0.15, 0.2) is 36.7 Å². The van der Waals surface area contributed by atoms with Crippen LogP contribution in [0.1, 0.15) is 10.4 Å². The molecule has 2 rings (SSSR count). The number of nitrogens with one attached hydrogen (secondary N) is 1. The van der Waals surface area contributed by atoms with Crippen LogP contribution in [0.25, 0.3) is 0 Å². The highest BCUT2D eigenvalue weighted by molar-refractivity contribution is 6.32. The number of ether oxygens (including phenoxy) is 1. The van der Waals surface area contributed by atoms with Crippen molar-refractivity contribution in [1.82, 2.24) is 4.98 Å². The van der Waals surface area contributed by atoms with Crippen molar-refractivity contribution in [2.24, 2.45) is 0 Å². The fourth-order valence-corrected chi connectivity index (χ4v) is 1.69. The molecule has 0 unspecified atom stereocenters. The highest BCUT2D eigenvalue weighted by Gasteiger charge is 2.09. The number of halogens is 1. The summed E-state index contributed by atoms with van der Waals surface area (Å²) in [5.41, 5.74) is 0.795. The highest BCUT2D eigenvalue weighted by Crippen LogP contribution is 2.27. The lowest BCUT2D eigenvalue weighted by molar-refractivity contribution is 0.102. The minimum Gasteiger partial charge on any atom is -0.506 e. The molecule has 98 valence electrons. The Kier molecular flexibility index (Phi) is 3.87. The van der Waals surface area contributed by atoms with Gasteiger partial charge in [0, 0.05) is 18.0 Å². The summed E-state index contributed by atoms with van der Waals surface area (Å²) in [6, 6.07) is 6.21. The SMILES string of the molecule is COc1cc(NC(=O)c2cncc(O)c2)ccc1Cl. The van der Waals surface area contributed by atoms with Crippen LogP contribution in [-0.2, 0) is 0 Å². The van der Waals surface area contributed by atoms with E-state index in [1.54, 1.807) is 18.2 Å². The third-order valence-electron chi connectivity index (χ3n) is 2.39.